The molecule has 1 amide bonds. The number of hydrogen-bond acceptors (Lipinski definition) is 4. The number of nitrogens with one attached hydrogen (secondary N) is 1. The average molecular weight is 384 g/mol. The van der Waals surface area contributed by atoms with Crippen molar-refractivity contribution in [2.45, 2.75) is 18.4 Å². The van der Waals surface area contributed by atoms with Gasteiger partial charge in [0.2, 0.25) is 0 Å². The highest BCUT2D eigenvalue weighted by atomic mass is 35.5. The van der Waals surface area contributed by atoms with Crippen molar-refractivity contribution in [3.05, 3.63) is 75.3 Å². The molecule has 7 heteroatoms. The summed E-state index contributed by atoms with van der Waals surface area (Å²) in [6.07, 6.45) is 0.809. The van der Waals surface area contributed by atoms with Crippen LogP contribution in [0.3, 0.4) is 0 Å². The van der Waals surface area contributed by atoms with E-state index >= 15 is 0 Å². The van der Waals surface area contributed by atoms with Gasteiger partial charge in [-0.15, -0.1) is 0 Å². The van der Waals surface area contributed by atoms with Gasteiger partial charge in [-0.05, 0) is 36.6 Å². The van der Waals surface area contributed by atoms with E-state index in [9.17, 15) is 14.7 Å². The van der Waals surface area contributed by atoms with Crippen molar-refractivity contribution in [2.75, 3.05) is 13.1 Å². The molecule has 0 bridgehead atoms. The Labute approximate surface area is 160 Å². The van der Waals surface area contributed by atoms with Crippen LogP contribution >= 0.6 is 11.6 Å². The number of nitrogens with zero attached hydrogens (tertiary/aromatic N) is 2. The molecule has 0 saturated carbocycles. The summed E-state index contributed by atoms with van der Waals surface area (Å²) in [5, 5.41) is 12.2. The molecule has 2 N–H and O–H groups in total. The fraction of sp³-hybridized carbons (Fsp3) is 0.250. The van der Waals surface area contributed by atoms with Crippen molar-refractivity contribution in [1.29, 1.82) is 0 Å². The molecular weight excluding hydrogens is 366 g/mol. The summed E-state index contributed by atoms with van der Waals surface area (Å²) in [4.78, 5) is 33.0. The predicted molar refractivity (Wildman–Crippen MR) is 103 cm³/mol. The third-order valence-electron chi connectivity index (χ3n) is 5.10. The minimum Gasteiger partial charge on any atom is -0.385 e. The Morgan fingerprint density at radius 2 is 1.78 bits per heavy atom. The van der Waals surface area contributed by atoms with E-state index < -0.39 is 11.3 Å². The Morgan fingerprint density at radius 3 is 2.48 bits per heavy atom. The topological polar surface area (TPSA) is 86.3 Å². The summed E-state index contributed by atoms with van der Waals surface area (Å²) in [6, 6.07) is 14.2. The largest absolute Gasteiger partial charge is 0.385 e. The first-order valence-corrected chi connectivity index (χ1v) is 9.11. The minimum absolute atomic E-state index is 0.145. The number of benzene rings is 2. The number of piperidine rings is 1. The molecule has 1 aromatic heterocycles. The fourth-order valence-electron chi connectivity index (χ4n) is 3.54. The molecule has 2 aromatic carbocycles. The van der Waals surface area contributed by atoms with E-state index in [2.05, 4.69) is 9.97 Å². The first-order valence-electron chi connectivity index (χ1n) is 8.73. The van der Waals surface area contributed by atoms with Gasteiger partial charge >= 0.3 is 5.69 Å². The van der Waals surface area contributed by atoms with Crippen LogP contribution in [0.15, 0.2) is 53.3 Å². The highest BCUT2D eigenvalue weighted by molar-refractivity contribution is 6.30. The second-order valence-electron chi connectivity index (χ2n) is 6.77. The number of aromatic amines is 1. The number of carbonyl (C=O) groups is 1. The van der Waals surface area contributed by atoms with E-state index in [1.165, 1.54) is 0 Å². The average Bonchev–Trinajstić information content (AvgIpc) is 2.68. The zero-order valence-corrected chi connectivity index (χ0v) is 15.2. The Kier molecular flexibility index (Phi) is 4.45. The lowest BCUT2D eigenvalue weighted by molar-refractivity contribution is -0.0212. The number of fused-ring (bicyclic) bond motifs is 1. The molecule has 1 aliphatic heterocycles. The molecule has 3 aromatic rings. The van der Waals surface area contributed by atoms with Gasteiger partial charge in [0.1, 0.15) is 5.69 Å². The predicted octanol–water partition coefficient (Wildman–Crippen LogP) is 2.70. The lowest BCUT2D eigenvalue weighted by Crippen LogP contribution is -2.45. The lowest BCUT2D eigenvalue weighted by atomic mass is 9.84. The van der Waals surface area contributed by atoms with Gasteiger partial charge in [-0.2, -0.15) is 4.98 Å². The van der Waals surface area contributed by atoms with Gasteiger partial charge in [0, 0.05) is 23.5 Å². The Bertz CT molecular complexity index is 1050. The molecule has 6 nitrogen and oxygen atoms in total. The van der Waals surface area contributed by atoms with Crippen molar-refractivity contribution in [2.24, 2.45) is 0 Å². The normalized spacial score (nSPS) is 16.4. The Balaban J connectivity index is 1.57. The van der Waals surface area contributed by atoms with Crippen LogP contribution in [0.2, 0.25) is 5.02 Å². The van der Waals surface area contributed by atoms with Gasteiger partial charge in [0.15, 0.2) is 0 Å². The zero-order valence-electron chi connectivity index (χ0n) is 14.5. The number of likely N-dealkylation sites (tertiary alicyclic amines) is 1. The van der Waals surface area contributed by atoms with Gasteiger partial charge < -0.3 is 15.0 Å². The van der Waals surface area contributed by atoms with Gasteiger partial charge in [-0.3, -0.25) is 4.79 Å². The van der Waals surface area contributed by atoms with Crippen molar-refractivity contribution in [3.63, 3.8) is 0 Å². The standard InChI is InChI=1S/C20H18ClN3O3/c21-14-7-5-13(6-8-14)20(27)9-11-24(12-10-20)18(25)17-15-3-1-2-4-16(15)22-19(26)23-17/h1-8,27H,9-12H2,(H,22,23,26). The zero-order chi connectivity index (χ0) is 19.0. The van der Waals surface area contributed by atoms with Gasteiger partial charge in [-0.1, -0.05) is 41.9 Å². The van der Waals surface area contributed by atoms with Crippen molar-refractivity contribution in [1.82, 2.24) is 14.9 Å². The molecular formula is C20H18ClN3O3. The van der Waals surface area contributed by atoms with E-state index in [4.69, 9.17) is 11.6 Å². The molecule has 0 spiro atoms. The minimum atomic E-state index is -0.995. The van der Waals surface area contributed by atoms with Gasteiger partial charge in [0.25, 0.3) is 5.91 Å². The number of halogens is 1. The van der Waals surface area contributed by atoms with Crippen molar-refractivity contribution >= 4 is 28.4 Å². The molecule has 1 aliphatic rings. The molecule has 4 rings (SSSR count). The molecule has 0 radical (unpaired) electrons. The van der Waals surface area contributed by atoms with Crippen LogP contribution in [0, 0.1) is 0 Å². The second-order valence-corrected chi connectivity index (χ2v) is 7.20. The summed E-state index contributed by atoms with van der Waals surface area (Å²) in [6.45, 7) is 0.752. The summed E-state index contributed by atoms with van der Waals surface area (Å²) in [7, 11) is 0. The monoisotopic (exact) mass is 383 g/mol. The van der Waals surface area contributed by atoms with Crippen LogP contribution in [-0.4, -0.2) is 39.0 Å². The van der Waals surface area contributed by atoms with Gasteiger partial charge in [-0.25, -0.2) is 4.79 Å². The van der Waals surface area contributed by atoms with E-state index in [0.29, 0.717) is 41.9 Å². The second kappa shape index (κ2) is 6.79. The number of H-pyrrole nitrogens is 1. The molecule has 0 unspecified atom stereocenters. The van der Waals surface area contributed by atoms with E-state index in [1.807, 2.05) is 12.1 Å². The first kappa shape index (κ1) is 17.7. The molecule has 0 atom stereocenters. The molecule has 1 fully saturated rings. The third kappa shape index (κ3) is 3.34. The number of para-hydroxylation sites is 1. The maximum absolute atomic E-state index is 13.0. The van der Waals surface area contributed by atoms with Crippen LogP contribution < -0.4 is 5.69 Å². The third-order valence-corrected chi connectivity index (χ3v) is 5.35. The lowest BCUT2D eigenvalue weighted by Gasteiger charge is -2.38. The van der Waals surface area contributed by atoms with Crippen LogP contribution in [0.25, 0.3) is 10.9 Å². The van der Waals surface area contributed by atoms with Gasteiger partial charge in [0.05, 0.1) is 11.1 Å². The number of rotatable bonds is 2. The number of aromatic nitrogens is 2. The number of amides is 1. The van der Waals surface area contributed by atoms with E-state index in [0.717, 1.165) is 5.56 Å². The molecule has 27 heavy (non-hydrogen) atoms. The maximum Gasteiger partial charge on any atom is 0.346 e. The quantitative estimate of drug-likeness (QED) is 0.712. The number of aliphatic hydroxyl groups is 1. The van der Waals surface area contributed by atoms with E-state index in [1.54, 1.807) is 41.3 Å². The van der Waals surface area contributed by atoms with Crippen LogP contribution in [0.5, 0.6) is 0 Å². The van der Waals surface area contributed by atoms with Crippen molar-refractivity contribution in [3.8, 4) is 0 Å². The summed E-state index contributed by atoms with van der Waals surface area (Å²) in [5.74, 6) is -0.296. The number of carbonyl (C=O) groups excluding carboxylic acids is 1. The maximum atomic E-state index is 13.0. The molecule has 0 aliphatic carbocycles. The smallest absolute Gasteiger partial charge is 0.346 e. The van der Waals surface area contributed by atoms with Crippen LogP contribution in [-0.2, 0) is 5.60 Å². The molecule has 138 valence electrons. The summed E-state index contributed by atoms with van der Waals surface area (Å²) >= 11 is 5.92. The first-order chi connectivity index (χ1) is 13.0. The van der Waals surface area contributed by atoms with Crippen LogP contribution in [0.1, 0.15) is 28.9 Å². The van der Waals surface area contributed by atoms with Crippen LogP contribution in [0.4, 0.5) is 0 Å². The molecule has 2 heterocycles. The molecule has 1 saturated heterocycles. The summed E-state index contributed by atoms with van der Waals surface area (Å²) < 4.78 is 0. The van der Waals surface area contributed by atoms with Crippen molar-refractivity contribution < 1.29 is 9.90 Å². The highest BCUT2D eigenvalue weighted by Crippen LogP contribution is 2.34. The Hall–Kier alpha value is -2.70. The SMILES string of the molecule is O=C(c1nc(=O)[nH]c2ccccc12)N1CCC(O)(c2ccc(Cl)cc2)CC1. The number of hydrogen-bond donors (Lipinski definition) is 2. The fourth-order valence-corrected chi connectivity index (χ4v) is 3.67. The summed E-state index contributed by atoms with van der Waals surface area (Å²) in [5.41, 5.74) is -0.0300. The Morgan fingerprint density at radius 1 is 1.11 bits per heavy atom. The van der Waals surface area contributed by atoms with E-state index in [-0.39, 0.29) is 11.6 Å². The highest BCUT2D eigenvalue weighted by Gasteiger charge is 2.36.